The minimum atomic E-state index is 0.780. The second-order valence-electron chi connectivity index (χ2n) is 4.49. The van der Waals surface area contributed by atoms with Crippen molar-refractivity contribution in [3.63, 3.8) is 0 Å². The maximum atomic E-state index is 3.65. The van der Waals surface area contributed by atoms with E-state index in [1.807, 2.05) is 0 Å². The summed E-state index contributed by atoms with van der Waals surface area (Å²) < 4.78 is 0. The van der Waals surface area contributed by atoms with E-state index in [2.05, 4.69) is 26.3 Å². The molecule has 3 unspecified atom stereocenters. The molecule has 0 aromatic carbocycles. The van der Waals surface area contributed by atoms with Crippen LogP contribution in [0.3, 0.4) is 0 Å². The first kappa shape index (κ1) is 8.34. The van der Waals surface area contributed by atoms with Crippen molar-refractivity contribution in [3.05, 3.63) is 18.1 Å². The van der Waals surface area contributed by atoms with E-state index in [9.17, 15) is 0 Å². The van der Waals surface area contributed by atoms with Crippen LogP contribution in [0.4, 0.5) is 0 Å². The Hall–Kier alpha value is -0.260. The Morgan fingerprint density at radius 1 is 1.42 bits per heavy atom. The van der Waals surface area contributed by atoms with E-state index < -0.39 is 0 Å². The molecule has 0 N–H and O–H groups in total. The Balaban J connectivity index is 2.12. The molecule has 0 aromatic heterocycles. The number of hydrogen-bond acceptors (Lipinski definition) is 0. The smallest absolute Gasteiger partial charge is 0.00875 e. The van der Waals surface area contributed by atoms with E-state index >= 15 is 0 Å². The Kier molecular flexibility index (Phi) is 2.25. The zero-order chi connectivity index (χ0) is 8.55. The van der Waals surface area contributed by atoms with Gasteiger partial charge in [-0.2, -0.15) is 0 Å². The lowest BCUT2D eigenvalue weighted by Gasteiger charge is -2.37. The molecule has 0 heteroatoms. The van der Waals surface area contributed by atoms with Gasteiger partial charge in [-0.1, -0.05) is 31.4 Å². The van der Waals surface area contributed by atoms with Crippen molar-refractivity contribution in [1.29, 1.82) is 0 Å². The van der Waals surface area contributed by atoms with Gasteiger partial charge in [0.1, 0.15) is 0 Å². The first-order valence-electron chi connectivity index (χ1n) is 5.18. The van der Waals surface area contributed by atoms with Gasteiger partial charge in [0.05, 0.1) is 0 Å². The molecule has 0 spiro atoms. The van der Waals surface area contributed by atoms with Gasteiger partial charge in [-0.3, -0.25) is 0 Å². The van der Waals surface area contributed by atoms with E-state index in [-0.39, 0.29) is 0 Å². The molecule has 3 atom stereocenters. The molecule has 0 aromatic rings. The van der Waals surface area contributed by atoms with E-state index in [1.165, 1.54) is 24.8 Å². The van der Waals surface area contributed by atoms with Gasteiger partial charge < -0.3 is 0 Å². The third-order valence-electron chi connectivity index (χ3n) is 3.39. The highest BCUT2D eigenvalue weighted by atomic mass is 14.4. The Bertz CT molecular complexity index is 190. The van der Waals surface area contributed by atoms with E-state index in [1.54, 1.807) is 0 Å². The zero-order valence-electron chi connectivity index (χ0n) is 8.14. The van der Waals surface area contributed by atoms with Gasteiger partial charge in [0.2, 0.25) is 0 Å². The first-order valence-corrected chi connectivity index (χ1v) is 5.18. The van der Waals surface area contributed by atoms with Crippen molar-refractivity contribution < 1.29 is 0 Å². The average molecular weight is 162 g/mol. The van der Waals surface area contributed by atoms with Crippen LogP contribution in [0.1, 0.15) is 39.5 Å². The van der Waals surface area contributed by atoms with Crippen molar-refractivity contribution in [1.82, 2.24) is 0 Å². The fourth-order valence-corrected chi connectivity index (χ4v) is 2.70. The van der Waals surface area contributed by atoms with Crippen LogP contribution in [-0.2, 0) is 0 Å². The molecule has 12 heavy (non-hydrogen) atoms. The molecule has 2 aliphatic carbocycles. The predicted molar refractivity (Wildman–Crippen MR) is 51.6 cm³/mol. The van der Waals surface area contributed by atoms with E-state index in [4.69, 9.17) is 0 Å². The van der Waals surface area contributed by atoms with Gasteiger partial charge in [0.25, 0.3) is 0 Å². The lowest BCUT2D eigenvalue weighted by atomic mass is 9.67. The lowest BCUT2D eigenvalue weighted by molar-refractivity contribution is 0.220. The molecule has 66 valence electrons. The molecule has 1 fully saturated rings. The number of allylic oxidation sites excluding steroid dienone is 2. The highest BCUT2D eigenvalue weighted by Crippen LogP contribution is 2.41. The first-order chi connectivity index (χ1) is 5.77. The highest BCUT2D eigenvalue weighted by Gasteiger charge is 2.31. The van der Waals surface area contributed by atoms with Crippen molar-refractivity contribution >= 4 is 0 Å². The summed E-state index contributed by atoms with van der Waals surface area (Å²) in [5, 5.41) is 0. The maximum Gasteiger partial charge on any atom is -0.00875 e. The molecule has 0 saturated heterocycles. The molecule has 2 radical (unpaired) electrons. The molecule has 0 heterocycles. The number of fused-ring (bicyclic) bond motifs is 1. The SMILES string of the molecule is CC1=CC2CCCC(C)C2[C]C1. The van der Waals surface area contributed by atoms with Crippen LogP contribution >= 0.6 is 0 Å². The molecule has 0 bridgehead atoms. The third kappa shape index (κ3) is 1.44. The molecule has 2 aliphatic rings. The normalized spacial score (nSPS) is 41.8. The monoisotopic (exact) mass is 162 g/mol. The summed E-state index contributed by atoms with van der Waals surface area (Å²) in [5.74, 6) is 2.50. The third-order valence-corrected chi connectivity index (χ3v) is 3.39. The quantitative estimate of drug-likeness (QED) is 0.478. The van der Waals surface area contributed by atoms with Gasteiger partial charge >= 0.3 is 0 Å². The Morgan fingerprint density at radius 2 is 2.25 bits per heavy atom. The summed E-state index contributed by atoms with van der Waals surface area (Å²) in [6.45, 7) is 4.63. The topological polar surface area (TPSA) is 0 Å². The van der Waals surface area contributed by atoms with Crippen LogP contribution in [0, 0.1) is 24.2 Å². The molecule has 0 aliphatic heterocycles. The van der Waals surface area contributed by atoms with Crippen LogP contribution in [0.2, 0.25) is 0 Å². The summed E-state index contributed by atoms with van der Waals surface area (Å²) in [4.78, 5) is 0. The standard InChI is InChI=1S/C12H18/c1-9-6-7-12-10(2)4-3-5-11(12)8-9/h8,10-12H,3-6H2,1-2H3. The molecule has 1 saturated carbocycles. The highest BCUT2D eigenvalue weighted by molar-refractivity contribution is 5.14. The van der Waals surface area contributed by atoms with Gasteiger partial charge in [0, 0.05) is 0 Å². The van der Waals surface area contributed by atoms with Gasteiger partial charge in [-0.25, -0.2) is 0 Å². The summed E-state index contributed by atoms with van der Waals surface area (Å²) in [5.41, 5.74) is 1.53. The molecule has 0 amide bonds. The molecule has 2 rings (SSSR count). The second kappa shape index (κ2) is 3.24. The van der Waals surface area contributed by atoms with E-state index in [0.29, 0.717) is 0 Å². The Morgan fingerprint density at radius 3 is 3.08 bits per heavy atom. The van der Waals surface area contributed by atoms with E-state index in [0.717, 1.165) is 24.2 Å². The van der Waals surface area contributed by atoms with Gasteiger partial charge in [-0.15, -0.1) is 0 Å². The summed E-state index contributed by atoms with van der Waals surface area (Å²) >= 11 is 0. The van der Waals surface area contributed by atoms with Crippen LogP contribution in [-0.4, -0.2) is 0 Å². The lowest BCUT2D eigenvalue weighted by Crippen LogP contribution is -2.28. The maximum absolute atomic E-state index is 3.65. The second-order valence-corrected chi connectivity index (χ2v) is 4.49. The minimum absolute atomic E-state index is 0.780. The summed E-state index contributed by atoms with van der Waals surface area (Å²) in [6.07, 6.45) is 11.5. The number of rotatable bonds is 0. The fraction of sp³-hybridized carbons (Fsp3) is 0.750. The zero-order valence-corrected chi connectivity index (χ0v) is 8.14. The van der Waals surface area contributed by atoms with Crippen molar-refractivity contribution in [2.24, 2.45) is 17.8 Å². The van der Waals surface area contributed by atoms with Crippen LogP contribution in [0.5, 0.6) is 0 Å². The summed E-state index contributed by atoms with van der Waals surface area (Å²) in [6, 6.07) is 0. The fourth-order valence-electron chi connectivity index (χ4n) is 2.70. The van der Waals surface area contributed by atoms with Crippen LogP contribution in [0.15, 0.2) is 11.6 Å². The van der Waals surface area contributed by atoms with Crippen LogP contribution < -0.4 is 0 Å². The molecule has 0 nitrogen and oxygen atoms in total. The average Bonchev–Trinajstić information content (AvgIpc) is 2.04. The van der Waals surface area contributed by atoms with Crippen molar-refractivity contribution in [2.75, 3.05) is 0 Å². The van der Waals surface area contributed by atoms with Gasteiger partial charge in [0.15, 0.2) is 0 Å². The molecular formula is C12H18. The Labute approximate surface area is 76.1 Å². The van der Waals surface area contributed by atoms with Crippen molar-refractivity contribution in [2.45, 2.75) is 39.5 Å². The summed E-state index contributed by atoms with van der Waals surface area (Å²) in [7, 11) is 0. The predicted octanol–water partition coefficient (Wildman–Crippen LogP) is 3.47. The minimum Gasteiger partial charge on any atom is -0.0822 e. The number of hydrogen-bond donors (Lipinski definition) is 0. The van der Waals surface area contributed by atoms with Crippen molar-refractivity contribution in [3.8, 4) is 0 Å². The van der Waals surface area contributed by atoms with Gasteiger partial charge in [-0.05, 0) is 43.9 Å². The largest absolute Gasteiger partial charge is 0.0822 e. The van der Waals surface area contributed by atoms with Crippen LogP contribution in [0.25, 0.3) is 0 Å². The molecular weight excluding hydrogens is 144 g/mol.